The zero-order valence-electron chi connectivity index (χ0n) is 17.0. The van der Waals surface area contributed by atoms with Gasteiger partial charge in [0.1, 0.15) is 17.6 Å². The highest BCUT2D eigenvalue weighted by Gasteiger charge is 2.18. The van der Waals surface area contributed by atoms with Crippen LogP contribution < -0.4 is 5.43 Å². The number of phenolic OH excluding ortho intramolecular Hbond substituents is 1. The maximum absolute atomic E-state index is 13.2. The van der Waals surface area contributed by atoms with Crippen LogP contribution in [0, 0.1) is 0 Å². The van der Waals surface area contributed by atoms with Crippen molar-refractivity contribution in [1.29, 1.82) is 0 Å². The Labute approximate surface area is 160 Å². The predicted octanol–water partition coefficient (Wildman–Crippen LogP) is 6.54. The largest absolute Gasteiger partial charge is 0.508 e. The first-order valence-corrected chi connectivity index (χ1v) is 9.64. The molecule has 3 nitrogen and oxygen atoms in total. The monoisotopic (exact) mass is 364 g/mol. The molecule has 0 saturated carbocycles. The number of aromatic hydroxyl groups is 1. The Morgan fingerprint density at radius 2 is 1.52 bits per heavy atom. The molecule has 0 bridgehead atoms. The van der Waals surface area contributed by atoms with E-state index in [1.54, 1.807) is 12.1 Å². The van der Waals surface area contributed by atoms with Crippen molar-refractivity contribution in [2.24, 2.45) is 0 Å². The van der Waals surface area contributed by atoms with E-state index in [0.717, 1.165) is 5.56 Å². The Hall–Kier alpha value is -2.55. The van der Waals surface area contributed by atoms with Crippen LogP contribution in [0.4, 0.5) is 0 Å². The third kappa shape index (κ3) is 3.39. The standard InChI is InChI=1S/C24H28O3/c1-13(2)17-8-7-16(11-19(17)14(3)4)20-12-27-24-18(23(20)26)9-10-21(25)22(24)15(5)6/h7-15,25H,1-6H3. The molecule has 0 amide bonds. The molecule has 0 fully saturated rings. The zero-order valence-corrected chi connectivity index (χ0v) is 17.0. The van der Waals surface area contributed by atoms with Gasteiger partial charge in [-0.25, -0.2) is 0 Å². The molecule has 1 heterocycles. The van der Waals surface area contributed by atoms with Crippen molar-refractivity contribution >= 4 is 11.0 Å². The summed E-state index contributed by atoms with van der Waals surface area (Å²) in [6.45, 7) is 12.7. The van der Waals surface area contributed by atoms with Gasteiger partial charge in [-0.3, -0.25) is 4.79 Å². The highest BCUT2D eigenvalue weighted by molar-refractivity contribution is 5.86. The summed E-state index contributed by atoms with van der Waals surface area (Å²) < 4.78 is 5.87. The van der Waals surface area contributed by atoms with E-state index < -0.39 is 0 Å². The second-order valence-electron chi connectivity index (χ2n) is 8.16. The summed E-state index contributed by atoms with van der Waals surface area (Å²) in [7, 11) is 0. The van der Waals surface area contributed by atoms with Crippen LogP contribution in [0.15, 0.2) is 45.8 Å². The van der Waals surface area contributed by atoms with Gasteiger partial charge in [-0.1, -0.05) is 59.7 Å². The minimum atomic E-state index is -0.0647. The molecule has 1 aromatic heterocycles. The fraction of sp³-hybridized carbons (Fsp3) is 0.375. The van der Waals surface area contributed by atoms with Gasteiger partial charge in [0, 0.05) is 5.56 Å². The highest BCUT2D eigenvalue weighted by Crippen LogP contribution is 2.34. The van der Waals surface area contributed by atoms with E-state index in [2.05, 4.69) is 39.8 Å². The molecule has 0 spiro atoms. The molecular formula is C24H28O3. The summed E-state index contributed by atoms with van der Waals surface area (Å²) in [5, 5.41) is 10.7. The molecule has 3 aromatic rings. The Balaban J connectivity index is 2.25. The number of benzene rings is 2. The molecule has 1 N–H and O–H groups in total. The highest BCUT2D eigenvalue weighted by atomic mass is 16.3. The lowest BCUT2D eigenvalue weighted by Gasteiger charge is -2.17. The first kappa shape index (κ1) is 19.2. The van der Waals surface area contributed by atoms with E-state index in [0.29, 0.717) is 33.9 Å². The van der Waals surface area contributed by atoms with Crippen LogP contribution >= 0.6 is 0 Å². The number of phenols is 1. The van der Waals surface area contributed by atoms with Crippen molar-refractivity contribution in [3.8, 4) is 16.9 Å². The Bertz CT molecular complexity index is 1040. The topological polar surface area (TPSA) is 50.4 Å². The van der Waals surface area contributed by atoms with Gasteiger partial charge in [-0.05, 0) is 46.6 Å². The second-order valence-corrected chi connectivity index (χ2v) is 8.16. The summed E-state index contributed by atoms with van der Waals surface area (Å²) in [5.41, 5.74) is 5.08. The van der Waals surface area contributed by atoms with Gasteiger partial charge in [0.25, 0.3) is 0 Å². The Morgan fingerprint density at radius 3 is 2.11 bits per heavy atom. The molecule has 27 heavy (non-hydrogen) atoms. The van der Waals surface area contributed by atoms with E-state index in [-0.39, 0.29) is 17.1 Å². The van der Waals surface area contributed by atoms with Crippen LogP contribution in [-0.4, -0.2) is 5.11 Å². The third-order valence-corrected chi connectivity index (χ3v) is 5.18. The first-order chi connectivity index (χ1) is 12.7. The van der Waals surface area contributed by atoms with Crippen molar-refractivity contribution in [2.45, 2.75) is 59.3 Å². The van der Waals surface area contributed by atoms with E-state index >= 15 is 0 Å². The Kier molecular flexibility index (Phi) is 5.14. The van der Waals surface area contributed by atoms with Crippen LogP contribution in [0.2, 0.25) is 0 Å². The van der Waals surface area contributed by atoms with Gasteiger partial charge in [0.15, 0.2) is 0 Å². The number of hydrogen-bond acceptors (Lipinski definition) is 3. The summed E-state index contributed by atoms with van der Waals surface area (Å²) in [4.78, 5) is 13.2. The van der Waals surface area contributed by atoms with Crippen molar-refractivity contribution < 1.29 is 9.52 Å². The minimum Gasteiger partial charge on any atom is -0.508 e. The maximum atomic E-state index is 13.2. The minimum absolute atomic E-state index is 0.0561. The lowest BCUT2D eigenvalue weighted by atomic mass is 9.88. The van der Waals surface area contributed by atoms with E-state index in [1.807, 2.05) is 19.9 Å². The molecule has 0 aliphatic heterocycles. The van der Waals surface area contributed by atoms with Gasteiger partial charge in [-0.2, -0.15) is 0 Å². The van der Waals surface area contributed by atoms with E-state index in [9.17, 15) is 9.90 Å². The summed E-state index contributed by atoms with van der Waals surface area (Å²) >= 11 is 0. The fourth-order valence-corrected chi connectivity index (χ4v) is 3.74. The molecule has 2 aromatic carbocycles. The van der Waals surface area contributed by atoms with Gasteiger partial charge >= 0.3 is 0 Å². The molecule has 0 unspecified atom stereocenters. The summed E-state index contributed by atoms with van der Waals surface area (Å²) in [5.74, 6) is 1.03. The van der Waals surface area contributed by atoms with Crippen molar-refractivity contribution in [1.82, 2.24) is 0 Å². The molecule has 0 radical (unpaired) electrons. The molecule has 0 aliphatic rings. The second kappa shape index (κ2) is 7.22. The lowest BCUT2D eigenvalue weighted by molar-refractivity contribution is 0.462. The van der Waals surface area contributed by atoms with Crippen LogP contribution in [0.3, 0.4) is 0 Å². The summed E-state index contributed by atoms with van der Waals surface area (Å²) in [6.07, 6.45) is 1.53. The Morgan fingerprint density at radius 1 is 0.852 bits per heavy atom. The first-order valence-electron chi connectivity index (χ1n) is 9.64. The molecule has 3 rings (SSSR count). The normalized spacial score (nSPS) is 11.9. The van der Waals surface area contributed by atoms with Gasteiger partial charge in [0.2, 0.25) is 5.43 Å². The predicted molar refractivity (Wildman–Crippen MR) is 112 cm³/mol. The van der Waals surface area contributed by atoms with Crippen LogP contribution in [0.25, 0.3) is 22.1 Å². The molecule has 0 aliphatic carbocycles. The molecule has 0 atom stereocenters. The van der Waals surface area contributed by atoms with E-state index in [1.165, 1.54) is 17.4 Å². The third-order valence-electron chi connectivity index (χ3n) is 5.18. The van der Waals surface area contributed by atoms with E-state index in [4.69, 9.17) is 4.42 Å². The fourth-order valence-electron chi connectivity index (χ4n) is 3.74. The van der Waals surface area contributed by atoms with Crippen LogP contribution in [0.1, 0.15) is 76.0 Å². The van der Waals surface area contributed by atoms with Crippen LogP contribution in [-0.2, 0) is 0 Å². The lowest BCUT2D eigenvalue weighted by Crippen LogP contribution is -2.07. The molecule has 3 heteroatoms. The number of fused-ring (bicyclic) bond motifs is 1. The maximum Gasteiger partial charge on any atom is 0.200 e. The zero-order chi connectivity index (χ0) is 19.9. The average molecular weight is 364 g/mol. The average Bonchev–Trinajstić information content (AvgIpc) is 2.60. The van der Waals surface area contributed by atoms with Crippen molar-refractivity contribution in [2.75, 3.05) is 0 Å². The quantitative estimate of drug-likeness (QED) is 0.572. The molecule has 142 valence electrons. The van der Waals surface area contributed by atoms with Crippen molar-refractivity contribution in [3.63, 3.8) is 0 Å². The van der Waals surface area contributed by atoms with Crippen LogP contribution in [0.5, 0.6) is 5.75 Å². The van der Waals surface area contributed by atoms with Gasteiger partial charge < -0.3 is 9.52 Å². The smallest absolute Gasteiger partial charge is 0.200 e. The van der Waals surface area contributed by atoms with Gasteiger partial charge in [0.05, 0.1) is 10.9 Å². The van der Waals surface area contributed by atoms with Crippen molar-refractivity contribution in [3.05, 3.63) is 63.5 Å². The molecule has 0 saturated heterocycles. The SMILES string of the molecule is CC(C)c1ccc(-c2coc3c(C(C)C)c(O)ccc3c2=O)cc1C(C)C. The van der Waals surface area contributed by atoms with Gasteiger partial charge in [-0.15, -0.1) is 0 Å². The number of rotatable bonds is 4. The number of hydrogen-bond donors (Lipinski definition) is 1. The molecular weight excluding hydrogens is 336 g/mol. The summed E-state index contributed by atoms with van der Waals surface area (Å²) in [6, 6.07) is 9.47.